The second-order valence-electron chi connectivity index (χ2n) is 6.08. The van der Waals surface area contributed by atoms with Crippen LogP contribution in [-0.4, -0.2) is 16.5 Å². The first-order valence-corrected chi connectivity index (χ1v) is 8.48. The van der Waals surface area contributed by atoms with Crippen LogP contribution in [0.1, 0.15) is 16.8 Å². The fraction of sp³-hybridized carbons (Fsp3) is 0.200. The monoisotopic (exact) mass is 372 g/mol. The zero-order valence-corrected chi connectivity index (χ0v) is 14.7. The third-order valence-electron chi connectivity index (χ3n) is 3.88. The van der Waals surface area contributed by atoms with Crippen LogP contribution >= 0.6 is 0 Å². The van der Waals surface area contributed by atoms with Crippen LogP contribution in [0.2, 0.25) is 0 Å². The van der Waals surface area contributed by atoms with Crippen molar-refractivity contribution in [3.8, 4) is 0 Å². The molecule has 7 heteroatoms. The molecule has 0 radical (unpaired) electrons. The van der Waals surface area contributed by atoms with Crippen LogP contribution in [0.25, 0.3) is 0 Å². The van der Waals surface area contributed by atoms with Gasteiger partial charge in [0.25, 0.3) is 0 Å². The van der Waals surface area contributed by atoms with Crippen LogP contribution in [0.3, 0.4) is 0 Å². The van der Waals surface area contributed by atoms with E-state index in [4.69, 9.17) is 0 Å². The van der Waals surface area contributed by atoms with E-state index in [1.807, 2.05) is 25.1 Å². The van der Waals surface area contributed by atoms with Crippen LogP contribution in [0.5, 0.6) is 0 Å². The van der Waals surface area contributed by atoms with E-state index in [0.29, 0.717) is 24.0 Å². The number of hydrogen-bond donors (Lipinski definition) is 2. The van der Waals surface area contributed by atoms with Crippen molar-refractivity contribution >= 4 is 17.5 Å². The van der Waals surface area contributed by atoms with Crippen LogP contribution in [0, 0.1) is 6.92 Å². The second-order valence-corrected chi connectivity index (χ2v) is 6.08. The Balaban J connectivity index is 1.64. The summed E-state index contributed by atoms with van der Waals surface area (Å²) in [6.45, 7) is 2.51. The van der Waals surface area contributed by atoms with Gasteiger partial charge in [-0.05, 0) is 43.2 Å². The van der Waals surface area contributed by atoms with E-state index in [1.54, 1.807) is 6.07 Å². The third kappa shape index (κ3) is 5.44. The molecule has 0 aliphatic heterocycles. The van der Waals surface area contributed by atoms with Crippen molar-refractivity contribution in [3.05, 3.63) is 77.5 Å². The third-order valence-corrected chi connectivity index (χ3v) is 3.88. The van der Waals surface area contributed by atoms with Crippen molar-refractivity contribution in [2.24, 2.45) is 0 Å². The Morgan fingerprint density at radius 3 is 2.30 bits per heavy atom. The topological polar surface area (TPSA) is 49.8 Å². The number of rotatable bonds is 6. The Hall–Kier alpha value is -3.09. The first-order chi connectivity index (χ1) is 12.9. The Labute approximate surface area is 155 Å². The largest absolute Gasteiger partial charge is 0.416 e. The predicted molar refractivity (Wildman–Crippen MR) is 100 cm³/mol. The van der Waals surface area contributed by atoms with Gasteiger partial charge < -0.3 is 10.6 Å². The highest BCUT2D eigenvalue weighted by Gasteiger charge is 2.29. The summed E-state index contributed by atoms with van der Waals surface area (Å²) in [5.41, 5.74) is 1.80. The number of nitrogens with zero attached hydrogens (tertiary/aromatic N) is 2. The molecule has 0 bridgehead atoms. The number of halogens is 3. The molecule has 2 N–H and O–H groups in total. The smallest absolute Gasteiger partial charge is 0.354 e. The molecule has 2 aromatic carbocycles. The summed E-state index contributed by atoms with van der Waals surface area (Å²) in [7, 11) is 0. The zero-order valence-electron chi connectivity index (χ0n) is 14.7. The predicted octanol–water partition coefficient (Wildman–Crippen LogP) is 5.20. The van der Waals surface area contributed by atoms with Crippen molar-refractivity contribution < 1.29 is 13.2 Å². The van der Waals surface area contributed by atoms with Gasteiger partial charge in [0.2, 0.25) is 5.95 Å². The second kappa shape index (κ2) is 8.07. The van der Waals surface area contributed by atoms with Crippen molar-refractivity contribution in [2.75, 3.05) is 17.2 Å². The fourth-order valence-electron chi connectivity index (χ4n) is 2.57. The summed E-state index contributed by atoms with van der Waals surface area (Å²) in [5, 5.41) is 6.19. The summed E-state index contributed by atoms with van der Waals surface area (Å²) < 4.78 is 37.9. The molecule has 0 fully saturated rings. The normalized spacial score (nSPS) is 11.3. The molecular formula is C20H19F3N4. The van der Waals surface area contributed by atoms with Crippen LogP contribution in [0.4, 0.5) is 30.6 Å². The Kier molecular flexibility index (Phi) is 5.59. The molecule has 27 heavy (non-hydrogen) atoms. The van der Waals surface area contributed by atoms with Gasteiger partial charge in [-0.15, -0.1) is 0 Å². The molecule has 0 aliphatic rings. The summed E-state index contributed by atoms with van der Waals surface area (Å²) in [5.74, 6) is 0.991. The van der Waals surface area contributed by atoms with E-state index < -0.39 is 11.7 Å². The average Bonchev–Trinajstić information content (AvgIpc) is 2.62. The standard InChI is InChI=1S/C20H19F3N4/c1-14-13-18(26-17-9-7-16(8-10-17)20(21,22)23)27-19(25-14)24-12-11-15-5-3-2-4-6-15/h2-10,13H,11-12H2,1H3,(H2,24,25,26,27). The summed E-state index contributed by atoms with van der Waals surface area (Å²) in [6, 6.07) is 16.6. The Bertz CT molecular complexity index is 878. The van der Waals surface area contributed by atoms with Gasteiger partial charge >= 0.3 is 6.18 Å². The lowest BCUT2D eigenvalue weighted by molar-refractivity contribution is -0.137. The first-order valence-electron chi connectivity index (χ1n) is 8.48. The summed E-state index contributed by atoms with van der Waals surface area (Å²) in [6.07, 6.45) is -3.51. The van der Waals surface area contributed by atoms with Gasteiger partial charge in [-0.1, -0.05) is 30.3 Å². The number of aromatic nitrogens is 2. The molecule has 0 unspecified atom stereocenters. The van der Waals surface area contributed by atoms with E-state index in [2.05, 4.69) is 32.7 Å². The molecular weight excluding hydrogens is 353 g/mol. The maximum absolute atomic E-state index is 12.6. The molecule has 1 heterocycles. The van der Waals surface area contributed by atoms with E-state index in [-0.39, 0.29) is 0 Å². The molecule has 0 saturated carbocycles. The van der Waals surface area contributed by atoms with Gasteiger partial charge in [-0.2, -0.15) is 18.2 Å². The molecule has 1 aromatic heterocycles. The molecule has 3 aromatic rings. The van der Waals surface area contributed by atoms with Gasteiger partial charge in [-0.25, -0.2) is 4.98 Å². The molecule has 0 amide bonds. The minimum Gasteiger partial charge on any atom is -0.354 e. The highest BCUT2D eigenvalue weighted by molar-refractivity contribution is 5.58. The van der Waals surface area contributed by atoms with E-state index in [0.717, 1.165) is 24.2 Å². The average molecular weight is 372 g/mol. The zero-order chi connectivity index (χ0) is 19.3. The van der Waals surface area contributed by atoms with E-state index in [1.165, 1.54) is 17.7 Å². The summed E-state index contributed by atoms with van der Waals surface area (Å²) >= 11 is 0. The fourth-order valence-corrected chi connectivity index (χ4v) is 2.57. The molecule has 3 rings (SSSR count). The van der Waals surface area contributed by atoms with Crippen LogP contribution < -0.4 is 10.6 Å². The van der Waals surface area contributed by atoms with Gasteiger partial charge in [0.05, 0.1) is 5.56 Å². The highest BCUT2D eigenvalue weighted by atomic mass is 19.4. The Morgan fingerprint density at radius 1 is 0.926 bits per heavy atom. The SMILES string of the molecule is Cc1cc(Nc2ccc(C(F)(F)F)cc2)nc(NCCc2ccccc2)n1. The number of aryl methyl sites for hydroxylation is 1. The maximum atomic E-state index is 12.6. The minimum atomic E-state index is -4.35. The maximum Gasteiger partial charge on any atom is 0.416 e. The number of nitrogens with one attached hydrogen (secondary N) is 2. The van der Waals surface area contributed by atoms with E-state index in [9.17, 15) is 13.2 Å². The number of benzene rings is 2. The number of hydrogen-bond acceptors (Lipinski definition) is 4. The molecule has 0 aliphatic carbocycles. The molecule has 0 spiro atoms. The lowest BCUT2D eigenvalue weighted by Gasteiger charge is -2.11. The lowest BCUT2D eigenvalue weighted by atomic mass is 10.1. The quantitative estimate of drug-likeness (QED) is 0.624. The number of anilines is 3. The minimum absolute atomic E-state index is 0.473. The van der Waals surface area contributed by atoms with Crippen molar-refractivity contribution in [1.82, 2.24) is 9.97 Å². The van der Waals surface area contributed by atoms with E-state index >= 15 is 0 Å². The van der Waals surface area contributed by atoms with Gasteiger partial charge in [-0.3, -0.25) is 0 Å². The molecule has 0 saturated heterocycles. The summed E-state index contributed by atoms with van der Waals surface area (Å²) in [4.78, 5) is 8.72. The van der Waals surface area contributed by atoms with Crippen molar-refractivity contribution in [1.29, 1.82) is 0 Å². The molecule has 4 nitrogen and oxygen atoms in total. The van der Waals surface area contributed by atoms with Crippen LogP contribution in [0.15, 0.2) is 60.7 Å². The number of alkyl halides is 3. The molecule has 0 atom stereocenters. The van der Waals surface area contributed by atoms with Gasteiger partial charge in [0.1, 0.15) is 5.82 Å². The highest BCUT2D eigenvalue weighted by Crippen LogP contribution is 2.30. The lowest BCUT2D eigenvalue weighted by Crippen LogP contribution is -2.09. The Morgan fingerprint density at radius 2 is 1.63 bits per heavy atom. The van der Waals surface area contributed by atoms with Crippen molar-refractivity contribution in [2.45, 2.75) is 19.5 Å². The van der Waals surface area contributed by atoms with Crippen molar-refractivity contribution in [3.63, 3.8) is 0 Å². The van der Waals surface area contributed by atoms with Gasteiger partial charge in [0.15, 0.2) is 0 Å². The van der Waals surface area contributed by atoms with Crippen LogP contribution in [-0.2, 0) is 12.6 Å². The molecule has 140 valence electrons. The first kappa shape index (κ1) is 18.7. The van der Waals surface area contributed by atoms with Gasteiger partial charge in [0, 0.05) is 24.0 Å².